The topological polar surface area (TPSA) is 123 Å². The fourth-order valence-electron chi connectivity index (χ4n) is 3.81. The summed E-state index contributed by atoms with van der Waals surface area (Å²) in [6.07, 6.45) is 0.450. The third kappa shape index (κ3) is 5.59. The van der Waals surface area contributed by atoms with Gasteiger partial charge in [0, 0.05) is 25.4 Å². The number of Topliss-reactive ketones (excluding diaryl/α,β-unsaturated/α-hetero) is 1. The molecule has 0 unspecified atom stereocenters. The van der Waals surface area contributed by atoms with Crippen LogP contribution in [0.5, 0.6) is 0 Å². The van der Waals surface area contributed by atoms with E-state index in [1.807, 2.05) is 25.2 Å². The molecule has 9 heteroatoms. The number of amides is 1. The second-order valence-corrected chi connectivity index (χ2v) is 8.00. The Balaban J connectivity index is 1.79. The number of carbonyl (C=O) groups excluding carboxylic acids is 2. The van der Waals surface area contributed by atoms with E-state index in [0.717, 1.165) is 22.8 Å². The van der Waals surface area contributed by atoms with E-state index in [2.05, 4.69) is 15.6 Å². The molecule has 0 saturated carbocycles. The lowest BCUT2D eigenvalue weighted by Gasteiger charge is -2.21. The molecule has 0 aromatic heterocycles. The molecule has 0 heterocycles. The summed E-state index contributed by atoms with van der Waals surface area (Å²) in [6, 6.07) is 9.70. The van der Waals surface area contributed by atoms with Gasteiger partial charge in [-0.05, 0) is 47.9 Å². The fraction of sp³-hybridized carbons (Fsp3) is 0.318. The van der Waals surface area contributed by atoms with Crippen molar-refractivity contribution in [1.82, 2.24) is 10.6 Å². The Labute approximate surface area is 185 Å². The molecule has 7 nitrogen and oxygen atoms in total. The Bertz CT molecular complexity index is 1020. The molecule has 3 rings (SSSR count). The maximum atomic E-state index is 13.6. The van der Waals surface area contributed by atoms with Crippen LogP contribution in [0.3, 0.4) is 0 Å². The number of carbonyl (C=O) groups is 2. The summed E-state index contributed by atoms with van der Waals surface area (Å²) in [5.41, 5.74) is 14.4. The average Bonchev–Trinajstić information content (AvgIpc) is 3.06. The smallest absolute Gasteiger partial charge is 0.288 e. The van der Waals surface area contributed by atoms with Crippen molar-refractivity contribution in [2.45, 2.75) is 25.4 Å². The van der Waals surface area contributed by atoms with Gasteiger partial charge in [-0.3, -0.25) is 14.6 Å². The van der Waals surface area contributed by atoms with E-state index >= 15 is 0 Å². The van der Waals surface area contributed by atoms with E-state index < -0.39 is 23.5 Å². The molecule has 164 valence electrons. The first-order valence-corrected chi connectivity index (χ1v) is 10.3. The minimum absolute atomic E-state index is 0.0299. The van der Waals surface area contributed by atoms with E-state index in [1.54, 1.807) is 0 Å². The Morgan fingerprint density at radius 3 is 2.61 bits per heavy atom. The van der Waals surface area contributed by atoms with Crippen LogP contribution in [0.25, 0.3) is 0 Å². The number of halogens is 2. The van der Waals surface area contributed by atoms with Crippen LogP contribution in [0, 0.1) is 11.7 Å². The molecule has 0 aliphatic heterocycles. The van der Waals surface area contributed by atoms with Crippen molar-refractivity contribution in [3.8, 4) is 0 Å². The number of nitrogens with two attached hydrogens (primary N) is 2. The number of fused-ring (bicyclic) bond motifs is 1. The van der Waals surface area contributed by atoms with Crippen LogP contribution in [0.4, 0.5) is 4.39 Å². The van der Waals surface area contributed by atoms with Crippen LogP contribution in [-0.4, -0.2) is 31.2 Å². The molecule has 31 heavy (non-hydrogen) atoms. The van der Waals surface area contributed by atoms with E-state index in [4.69, 9.17) is 23.1 Å². The average molecular weight is 446 g/mol. The van der Waals surface area contributed by atoms with Crippen molar-refractivity contribution in [3.05, 3.63) is 69.5 Å². The second-order valence-electron chi connectivity index (χ2n) is 7.59. The number of nitrogens with zero attached hydrogens (tertiary/aromatic N) is 1. The predicted molar refractivity (Wildman–Crippen MR) is 118 cm³/mol. The summed E-state index contributed by atoms with van der Waals surface area (Å²) in [5.74, 6) is -2.15. The molecule has 0 bridgehead atoms. The van der Waals surface area contributed by atoms with Gasteiger partial charge in [-0.25, -0.2) is 4.39 Å². The number of rotatable bonds is 8. The van der Waals surface area contributed by atoms with Gasteiger partial charge in [0.1, 0.15) is 5.82 Å². The first-order chi connectivity index (χ1) is 14.8. The zero-order valence-corrected chi connectivity index (χ0v) is 17.9. The quantitative estimate of drug-likeness (QED) is 0.279. The third-order valence-electron chi connectivity index (χ3n) is 5.28. The zero-order chi connectivity index (χ0) is 22.5. The first kappa shape index (κ1) is 22.7. The monoisotopic (exact) mass is 445 g/mol. The van der Waals surface area contributed by atoms with Gasteiger partial charge in [-0.2, -0.15) is 0 Å². The fourth-order valence-corrected chi connectivity index (χ4v) is 3.93. The number of benzene rings is 2. The summed E-state index contributed by atoms with van der Waals surface area (Å²) >= 11 is 5.67. The molecule has 0 fully saturated rings. The highest BCUT2D eigenvalue weighted by molar-refractivity contribution is 6.36. The maximum absolute atomic E-state index is 13.6. The normalized spacial score (nSPS) is 17.1. The molecular formula is C22H25ClFN5O2. The molecule has 2 aromatic rings. The molecule has 6 N–H and O–H groups in total. The highest BCUT2D eigenvalue weighted by Crippen LogP contribution is 2.37. The summed E-state index contributed by atoms with van der Waals surface area (Å²) < 4.78 is 13.6. The molecule has 0 spiro atoms. The summed E-state index contributed by atoms with van der Waals surface area (Å²) in [6.45, 7) is 0.994. The second kappa shape index (κ2) is 9.89. The third-order valence-corrected chi connectivity index (χ3v) is 5.58. The van der Waals surface area contributed by atoms with E-state index in [1.165, 1.54) is 12.1 Å². The molecule has 1 aliphatic rings. The number of aliphatic imine (C=N–C) groups is 1. The van der Waals surface area contributed by atoms with Gasteiger partial charge in [0.05, 0.1) is 11.1 Å². The summed E-state index contributed by atoms with van der Waals surface area (Å²) in [4.78, 5) is 29.3. The number of guanidine groups is 1. The van der Waals surface area contributed by atoms with Gasteiger partial charge in [-0.15, -0.1) is 0 Å². The van der Waals surface area contributed by atoms with E-state index in [-0.39, 0.29) is 23.3 Å². The molecule has 1 aliphatic carbocycles. The van der Waals surface area contributed by atoms with Gasteiger partial charge < -0.3 is 22.1 Å². The van der Waals surface area contributed by atoms with Gasteiger partial charge >= 0.3 is 0 Å². The summed E-state index contributed by atoms with van der Waals surface area (Å²) in [7, 11) is 1.85. The van der Waals surface area contributed by atoms with E-state index in [9.17, 15) is 14.0 Å². The lowest BCUT2D eigenvalue weighted by Crippen LogP contribution is -2.38. The van der Waals surface area contributed by atoms with Crippen molar-refractivity contribution < 1.29 is 14.0 Å². The SMILES string of the molecule is CNCc1ccc2c(c1)[C@H](NC(=O)C(=O)Cc1ccc(Cl)c(F)c1)[C@@H](CN=C(N)N)C2. The number of nitrogens with one attached hydrogen (secondary N) is 2. The number of hydrogen-bond acceptors (Lipinski definition) is 4. The highest BCUT2D eigenvalue weighted by atomic mass is 35.5. The van der Waals surface area contributed by atoms with Gasteiger partial charge in [-0.1, -0.05) is 35.9 Å². The zero-order valence-electron chi connectivity index (χ0n) is 17.1. The maximum Gasteiger partial charge on any atom is 0.288 e. The van der Waals surface area contributed by atoms with Crippen molar-refractivity contribution in [2.75, 3.05) is 13.6 Å². The van der Waals surface area contributed by atoms with E-state index in [0.29, 0.717) is 25.1 Å². The van der Waals surface area contributed by atoms with Crippen LogP contribution in [-0.2, 0) is 29.0 Å². The Morgan fingerprint density at radius 1 is 1.19 bits per heavy atom. The Hall–Kier alpha value is -2.97. The van der Waals surface area contributed by atoms with Crippen LogP contribution >= 0.6 is 11.6 Å². The molecule has 2 aromatic carbocycles. The van der Waals surface area contributed by atoms with Gasteiger partial charge in [0.2, 0.25) is 5.78 Å². The van der Waals surface area contributed by atoms with Gasteiger partial charge in [0.25, 0.3) is 5.91 Å². The number of ketones is 1. The minimum atomic E-state index is -0.734. The molecule has 1 amide bonds. The molecule has 2 atom stereocenters. The highest BCUT2D eigenvalue weighted by Gasteiger charge is 2.34. The lowest BCUT2D eigenvalue weighted by atomic mass is 9.99. The van der Waals surface area contributed by atoms with Gasteiger partial charge in [0.15, 0.2) is 5.96 Å². The van der Waals surface area contributed by atoms with Crippen molar-refractivity contribution in [1.29, 1.82) is 0 Å². The summed E-state index contributed by atoms with van der Waals surface area (Å²) in [5, 5.41) is 5.91. The van der Waals surface area contributed by atoms with Crippen LogP contribution in [0.1, 0.15) is 28.3 Å². The standard InChI is InChI=1S/C22H25ClFN5O2/c1-27-10-13-2-4-14-9-15(11-28-22(25)26)20(16(14)6-13)29-21(31)19(30)8-12-3-5-17(23)18(24)7-12/h2-7,15,20,27H,8-11H2,1H3,(H,29,31)(H4,25,26,28)/t15-,20-/m1/s1. The van der Waals surface area contributed by atoms with Crippen molar-refractivity contribution >= 4 is 29.3 Å². The van der Waals surface area contributed by atoms with Crippen LogP contribution < -0.4 is 22.1 Å². The molecule has 0 saturated heterocycles. The predicted octanol–water partition coefficient (Wildman–Crippen LogP) is 1.61. The van der Waals surface area contributed by atoms with Crippen LogP contribution in [0.15, 0.2) is 41.4 Å². The van der Waals surface area contributed by atoms with Crippen LogP contribution in [0.2, 0.25) is 5.02 Å². The Morgan fingerprint density at radius 2 is 1.94 bits per heavy atom. The minimum Gasteiger partial charge on any atom is -0.370 e. The first-order valence-electron chi connectivity index (χ1n) is 9.87. The Kier molecular flexibility index (Phi) is 7.25. The van der Waals surface area contributed by atoms with Crippen molar-refractivity contribution in [3.63, 3.8) is 0 Å². The number of hydrogen-bond donors (Lipinski definition) is 4. The van der Waals surface area contributed by atoms with Crippen molar-refractivity contribution in [2.24, 2.45) is 22.4 Å². The molecule has 0 radical (unpaired) electrons. The lowest BCUT2D eigenvalue weighted by molar-refractivity contribution is -0.138. The molecular weight excluding hydrogens is 421 g/mol. The largest absolute Gasteiger partial charge is 0.370 e.